The van der Waals surface area contributed by atoms with Gasteiger partial charge in [-0.2, -0.15) is 0 Å². The number of aromatic nitrogens is 1. The van der Waals surface area contributed by atoms with Crippen LogP contribution in [0, 0.1) is 6.92 Å². The number of para-hydroxylation sites is 1. The van der Waals surface area contributed by atoms with Crippen LogP contribution in [0.25, 0.3) is 32.1 Å². The number of methoxy groups -OCH3 is 1. The highest BCUT2D eigenvalue weighted by molar-refractivity contribution is 7.22. The van der Waals surface area contributed by atoms with Crippen molar-refractivity contribution < 1.29 is 9.53 Å². The summed E-state index contributed by atoms with van der Waals surface area (Å²) in [5.41, 5.74) is 5.24. The zero-order chi connectivity index (χ0) is 23.5. The number of carbonyl (C=O) groups is 1. The average molecular weight is 467 g/mol. The Bertz CT molecular complexity index is 1460. The Morgan fingerprint density at radius 3 is 2.53 bits per heavy atom. The predicted molar refractivity (Wildman–Crippen MR) is 141 cm³/mol. The first kappa shape index (κ1) is 22.1. The number of amides is 1. The van der Waals surface area contributed by atoms with E-state index in [0.717, 1.165) is 55.6 Å². The third-order valence-electron chi connectivity index (χ3n) is 6.05. The summed E-state index contributed by atoms with van der Waals surface area (Å²) in [6.07, 6.45) is 3.70. The second-order valence-electron chi connectivity index (χ2n) is 8.37. The number of ether oxygens (including phenoxy) is 1. The predicted octanol–water partition coefficient (Wildman–Crippen LogP) is 6.80. The second kappa shape index (κ2) is 9.65. The number of benzene rings is 3. The zero-order valence-corrected chi connectivity index (χ0v) is 20.1. The molecule has 0 radical (unpaired) electrons. The molecule has 1 amide bonds. The molecule has 1 N–H and O–H groups in total. The molecule has 5 rings (SSSR count). The topological polar surface area (TPSA) is 51.2 Å². The van der Waals surface area contributed by atoms with Crippen molar-refractivity contribution in [2.45, 2.75) is 19.8 Å². The number of nitrogens with one attached hydrogen (secondary N) is 1. The van der Waals surface area contributed by atoms with Gasteiger partial charge >= 0.3 is 0 Å². The number of nitrogens with zero attached hydrogens (tertiary/aromatic N) is 1. The van der Waals surface area contributed by atoms with Crippen molar-refractivity contribution in [1.29, 1.82) is 0 Å². The van der Waals surface area contributed by atoms with Crippen LogP contribution in [0.5, 0.6) is 5.75 Å². The minimum absolute atomic E-state index is 0.0408. The van der Waals surface area contributed by atoms with Gasteiger partial charge in [0.15, 0.2) is 0 Å². The Morgan fingerprint density at radius 2 is 1.76 bits per heavy atom. The third kappa shape index (κ3) is 4.27. The molecule has 0 aliphatic heterocycles. The van der Waals surface area contributed by atoms with Gasteiger partial charge in [0.25, 0.3) is 5.91 Å². The number of fused-ring (bicyclic) bond motifs is 3. The van der Waals surface area contributed by atoms with Crippen LogP contribution in [0.4, 0.5) is 0 Å². The normalized spacial score (nSPS) is 11.1. The summed E-state index contributed by atoms with van der Waals surface area (Å²) in [7, 11) is 1.65. The molecule has 0 fully saturated rings. The largest absolute Gasteiger partial charge is 0.494 e. The maximum Gasteiger partial charge on any atom is 0.262 e. The summed E-state index contributed by atoms with van der Waals surface area (Å²) in [6.45, 7) is 2.69. The molecule has 5 heteroatoms. The Balaban J connectivity index is 1.52. The number of carbonyl (C=O) groups excluding carboxylic acids is 1. The number of rotatable bonds is 7. The molecule has 0 saturated carbocycles. The van der Waals surface area contributed by atoms with Crippen molar-refractivity contribution in [2.24, 2.45) is 0 Å². The first-order chi connectivity index (χ1) is 16.7. The number of thiophene rings is 1. The lowest BCUT2D eigenvalue weighted by atomic mass is 10.0. The quantitative estimate of drug-likeness (QED) is 0.269. The summed E-state index contributed by atoms with van der Waals surface area (Å²) in [4.78, 5) is 18.8. The van der Waals surface area contributed by atoms with E-state index < -0.39 is 0 Å². The van der Waals surface area contributed by atoms with Gasteiger partial charge in [-0.15, -0.1) is 11.3 Å². The molecule has 4 nitrogen and oxygen atoms in total. The summed E-state index contributed by atoms with van der Waals surface area (Å²) < 4.78 is 6.57. The highest BCUT2D eigenvalue weighted by Crippen LogP contribution is 2.42. The van der Waals surface area contributed by atoms with Gasteiger partial charge in [0.2, 0.25) is 0 Å². The highest BCUT2D eigenvalue weighted by Gasteiger charge is 2.22. The molecule has 3 aromatic carbocycles. The van der Waals surface area contributed by atoms with E-state index in [1.165, 1.54) is 22.5 Å². The lowest BCUT2D eigenvalue weighted by Gasteiger charge is -2.08. The number of hydrogen-bond acceptors (Lipinski definition) is 4. The Hall–Kier alpha value is -3.70. The summed E-state index contributed by atoms with van der Waals surface area (Å²) in [5.74, 6) is 0.692. The van der Waals surface area contributed by atoms with Gasteiger partial charge in [-0.1, -0.05) is 72.3 Å². The molecule has 0 bridgehead atoms. The van der Waals surface area contributed by atoms with E-state index in [1.54, 1.807) is 7.11 Å². The fourth-order valence-corrected chi connectivity index (χ4v) is 5.52. The molecule has 34 heavy (non-hydrogen) atoms. The van der Waals surface area contributed by atoms with E-state index in [4.69, 9.17) is 9.72 Å². The monoisotopic (exact) mass is 466 g/mol. The van der Waals surface area contributed by atoms with Gasteiger partial charge in [-0.3, -0.25) is 9.78 Å². The summed E-state index contributed by atoms with van der Waals surface area (Å²) >= 11 is 1.53. The molecule has 2 heterocycles. The standard InChI is InChI=1S/C29H26N2O2S/c1-19-13-15-21(16-14-19)25-23-18-31-26-22(11-6-12-24(26)33-2)27(23)34-28(25)29(32)30-17-7-10-20-8-4-3-5-9-20/h3-6,8-9,11-16,18H,7,10,17H2,1-2H3,(H,30,32). The van der Waals surface area contributed by atoms with Crippen molar-refractivity contribution in [3.05, 3.63) is 95.0 Å². The van der Waals surface area contributed by atoms with Gasteiger partial charge < -0.3 is 10.1 Å². The smallest absolute Gasteiger partial charge is 0.262 e. The van der Waals surface area contributed by atoms with Crippen molar-refractivity contribution >= 4 is 38.2 Å². The number of aryl methyl sites for hydroxylation is 2. The van der Waals surface area contributed by atoms with Gasteiger partial charge in [0.1, 0.15) is 16.1 Å². The molecule has 0 atom stereocenters. The first-order valence-electron chi connectivity index (χ1n) is 11.4. The van der Waals surface area contributed by atoms with Gasteiger partial charge in [-0.05, 0) is 37.0 Å². The Labute approximate surface area is 203 Å². The molecular formula is C29H26N2O2S. The SMILES string of the molecule is COc1cccc2c1ncc1c(-c3ccc(C)cc3)c(C(=O)NCCCc3ccccc3)sc12. The van der Waals surface area contributed by atoms with Crippen LogP contribution in [0.15, 0.2) is 79.0 Å². The van der Waals surface area contributed by atoms with E-state index >= 15 is 0 Å². The van der Waals surface area contributed by atoms with Gasteiger partial charge in [0, 0.05) is 33.8 Å². The zero-order valence-electron chi connectivity index (χ0n) is 19.3. The average Bonchev–Trinajstić information content (AvgIpc) is 3.27. The first-order valence-corrected chi connectivity index (χ1v) is 12.2. The van der Waals surface area contributed by atoms with E-state index in [1.807, 2.05) is 42.6 Å². The third-order valence-corrected chi connectivity index (χ3v) is 7.29. The molecule has 0 unspecified atom stereocenters. The maximum atomic E-state index is 13.4. The fourth-order valence-electron chi connectivity index (χ4n) is 4.29. The fraction of sp³-hybridized carbons (Fsp3) is 0.172. The van der Waals surface area contributed by atoms with Crippen molar-refractivity contribution in [3.63, 3.8) is 0 Å². The minimum atomic E-state index is -0.0408. The maximum absolute atomic E-state index is 13.4. The van der Waals surface area contributed by atoms with Crippen LogP contribution in [0.1, 0.15) is 27.2 Å². The van der Waals surface area contributed by atoms with Gasteiger partial charge in [0.05, 0.1) is 7.11 Å². The summed E-state index contributed by atoms with van der Waals surface area (Å²) in [5, 5.41) is 5.14. The van der Waals surface area contributed by atoms with Crippen LogP contribution < -0.4 is 10.1 Å². The molecule has 2 aromatic heterocycles. The van der Waals surface area contributed by atoms with Crippen LogP contribution in [0.3, 0.4) is 0 Å². The van der Waals surface area contributed by atoms with Crippen LogP contribution >= 0.6 is 11.3 Å². The minimum Gasteiger partial charge on any atom is -0.494 e. The Morgan fingerprint density at radius 1 is 0.971 bits per heavy atom. The van der Waals surface area contributed by atoms with Gasteiger partial charge in [-0.25, -0.2) is 0 Å². The molecule has 0 aliphatic carbocycles. The molecule has 170 valence electrons. The second-order valence-corrected chi connectivity index (χ2v) is 9.40. The highest BCUT2D eigenvalue weighted by atomic mass is 32.1. The van der Waals surface area contributed by atoms with E-state index in [-0.39, 0.29) is 5.91 Å². The van der Waals surface area contributed by atoms with Crippen LogP contribution in [-0.2, 0) is 6.42 Å². The number of pyridine rings is 1. The molecule has 0 spiro atoms. The summed E-state index contributed by atoms with van der Waals surface area (Å²) in [6, 6.07) is 24.6. The Kier molecular flexibility index (Phi) is 6.28. The van der Waals surface area contributed by atoms with E-state index in [9.17, 15) is 4.79 Å². The lowest BCUT2D eigenvalue weighted by Crippen LogP contribution is -2.24. The molecule has 5 aromatic rings. The van der Waals surface area contributed by atoms with Crippen LogP contribution in [0.2, 0.25) is 0 Å². The van der Waals surface area contributed by atoms with Crippen LogP contribution in [-0.4, -0.2) is 24.5 Å². The van der Waals surface area contributed by atoms with E-state index in [0.29, 0.717) is 6.54 Å². The molecular weight excluding hydrogens is 440 g/mol. The van der Waals surface area contributed by atoms with E-state index in [2.05, 4.69) is 48.6 Å². The van der Waals surface area contributed by atoms with Crippen molar-refractivity contribution in [2.75, 3.05) is 13.7 Å². The number of hydrogen-bond donors (Lipinski definition) is 1. The molecule has 0 saturated heterocycles. The van der Waals surface area contributed by atoms with Crippen molar-refractivity contribution in [3.8, 4) is 16.9 Å². The van der Waals surface area contributed by atoms with Crippen molar-refractivity contribution in [1.82, 2.24) is 10.3 Å². The molecule has 0 aliphatic rings. The lowest BCUT2D eigenvalue weighted by molar-refractivity contribution is 0.0958.